The Morgan fingerprint density at radius 1 is 1.29 bits per heavy atom. The number of nitrogens with zero attached hydrogens (tertiary/aromatic N) is 3. The lowest BCUT2D eigenvalue weighted by Crippen LogP contribution is -2.37. The molecule has 0 amide bonds. The average Bonchev–Trinajstić information content (AvgIpc) is 2.78. The van der Waals surface area contributed by atoms with Crippen LogP contribution in [0.3, 0.4) is 0 Å². The molecular weight excluding hydrogens is 286 g/mol. The SMILES string of the molecule is Cc1sc2ncn(CCCN3CCOCC3)c(=O)c2c1C. The molecule has 114 valence electrons. The maximum atomic E-state index is 12.5. The zero-order valence-electron chi connectivity index (χ0n) is 12.6. The molecule has 1 aliphatic rings. The van der Waals surface area contributed by atoms with Gasteiger partial charge in [-0.3, -0.25) is 14.3 Å². The van der Waals surface area contributed by atoms with E-state index in [9.17, 15) is 4.79 Å². The lowest BCUT2D eigenvalue weighted by atomic mass is 10.2. The molecule has 1 fully saturated rings. The van der Waals surface area contributed by atoms with E-state index in [-0.39, 0.29) is 5.56 Å². The molecule has 5 nitrogen and oxygen atoms in total. The number of fused-ring (bicyclic) bond motifs is 1. The molecule has 3 rings (SSSR count). The van der Waals surface area contributed by atoms with Gasteiger partial charge < -0.3 is 4.74 Å². The number of rotatable bonds is 4. The molecule has 0 saturated carbocycles. The summed E-state index contributed by atoms with van der Waals surface area (Å²) in [6, 6.07) is 0. The second kappa shape index (κ2) is 6.25. The summed E-state index contributed by atoms with van der Waals surface area (Å²) in [5.74, 6) is 0. The van der Waals surface area contributed by atoms with Crippen molar-refractivity contribution >= 4 is 21.6 Å². The molecule has 1 aliphatic heterocycles. The summed E-state index contributed by atoms with van der Waals surface area (Å²) in [6.45, 7) is 9.42. The molecule has 2 aromatic heterocycles. The van der Waals surface area contributed by atoms with Crippen LogP contribution in [0.15, 0.2) is 11.1 Å². The Morgan fingerprint density at radius 3 is 2.81 bits per heavy atom. The minimum Gasteiger partial charge on any atom is -0.379 e. The highest BCUT2D eigenvalue weighted by Gasteiger charge is 2.13. The predicted octanol–water partition coefficient (Wildman–Crippen LogP) is 1.80. The molecule has 0 atom stereocenters. The van der Waals surface area contributed by atoms with Gasteiger partial charge in [0.2, 0.25) is 0 Å². The summed E-state index contributed by atoms with van der Waals surface area (Å²) in [7, 11) is 0. The Labute approximate surface area is 128 Å². The molecule has 0 aromatic carbocycles. The quantitative estimate of drug-likeness (QED) is 0.864. The van der Waals surface area contributed by atoms with Crippen LogP contribution in [0, 0.1) is 13.8 Å². The van der Waals surface area contributed by atoms with E-state index in [2.05, 4.69) is 9.88 Å². The van der Waals surface area contributed by atoms with Crippen molar-refractivity contribution in [2.24, 2.45) is 0 Å². The van der Waals surface area contributed by atoms with Crippen molar-refractivity contribution in [2.75, 3.05) is 32.8 Å². The van der Waals surface area contributed by atoms with E-state index in [0.717, 1.165) is 61.6 Å². The summed E-state index contributed by atoms with van der Waals surface area (Å²) in [6.07, 6.45) is 2.66. The lowest BCUT2D eigenvalue weighted by molar-refractivity contribution is 0.0369. The summed E-state index contributed by atoms with van der Waals surface area (Å²) in [4.78, 5) is 21.4. The maximum Gasteiger partial charge on any atom is 0.262 e. The van der Waals surface area contributed by atoms with Crippen molar-refractivity contribution in [2.45, 2.75) is 26.8 Å². The van der Waals surface area contributed by atoms with E-state index in [0.29, 0.717) is 0 Å². The Hall–Kier alpha value is -1.24. The molecule has 0 bridgehead atoms. The summed E-state index contributed by atoms with van der Waals surface area (Å²) in [5, 5.41) is 0.798. The first kappa shape index (κ1) is 14.7. The van der Waals surface area contributed by atoms with Gasteiger partial charge in [0.25, 0.3) is 5.56 Å². The Balaban J connectivity index is 1.70. The molecule has 0 N–H and O–H groups in total. The van der Waals surface area contributed by atoms with Crippen molar-refractivity contribution in [1.29, 1.82) is 0 Å². The standard InChI is InChI=1S/C15H21N3O2S/c1-11-12(2)21-14-13(11)15(19)18(10-16-14)5-3-4-17-6-8-20-9-7-17/h10H,3-9H2,1-2H3. The highest BCUT2D eigenvalue weighted by molar-refractivity contribution is 7.18. The van der Waals surface area contributed by atoms with Crippen LogP contribution >= 0.6 is 11.3 Å². The minimum absolute atomic E-state index is 0.101. The molecule has 0 unspecified atom stereocenters. The summed E-state index contributed by atoms with van der Waals surface area (Å²) < 4.78 is 7.09. The first-order chi connectivity index (χ1) is 10.2. The van der Waals surface area contributed by atoms with Gasteiger partial charge in [-0.1, -0.05) is 0 Å². The number of aryl methyl sites for hydroxylation is 3. The van der Waals surface area contributed by atoms with Gasteiger partial charge in [0.1, 0.15) is 4.83 Å². The van der Waals surface area contributed by atoms with Gasteiger partial charge in [-0.15, -0.1) is 11.3 Å². The van der Waals surface area contributed by atoms with E-state index in [1.165, 1.54) is 4.88 Å². The van der Waals surface area contributed by atoms with Crippen molar-refractivity contribution in [1.82, 2.24) is 14.5 Å². The zero-order chi connectivity index (χ0) is 14.8. The molecular formula is C15H21N3O2S. The van der Waals surface area contributed by atoms with E-state index in [4.69, 9.17) is 4.74 Å². The molecule has 2 aromatic rings. The zero-order valence-corrected chi connectivity index (χ0v) is 13.4. The lowest BCUT2D eigenvalue weighted by Gasteiger charge is -2.26. The number of hydrogen-bond acceptors (Lipinski definition) is 5. The van der Waals surface area contributed by atoms with Crippen LogP contribution in [-0.2, 0) is 11.3 Å². The van der Waals surface area contributed by atoms with Crippen molar-refractivity contribution in [3.63, 3.8) is 0 Å². The van der Waals surface area contributed by atoms with Gasteiger partial charge in [0, 0.05) is 31.1 Å². The maximum absolute atomic E-state index is 12.5. The third kappa shape index (κ3) is 3.02. The third-order valence-electron chi connectivity index (χ3n) is 4.13. The molecule has 0 spiro atoms. The first-order valence-electron chi connectivity index (χ1n) is 7.42. The Kier molecular flexibility index (Phi) is 4.37. The topological polar surface area (TPSA) is 47.4 Å². The number of morpholine rings is 1. The van der Waals surface area contributed by atoms with Gasteiger partial charge in [-0.25, -0.2) is 4.98 Å². The van der Waals surface area contributed by atoms with Gasteiger partial charge in [0.05, 0.1) is 24.9 Å². The van der Waals surface area contributed by atoms with Gasteiger partial charge in [-0.05, 0) is 25.8 Å². The number of aromatic nitrogens is 2. The van der Waals surface area contributed by atoms with Gasteiger partial charge in [0.15, 0.2) is 0 Å². The third-order valence-corrected chi connectivity index (χ3v) is 5.25. The van der Waals surface area contributed by atoms with Crippen molar-refractivity contribution < 1.29 is 4.74 Å². The van der Waals surface area contributed by atoms with E-state index in [1.54, 1.807) is 22.2 Å². The fourth-order valence-electron chi connectivity index (χ4n) is 2.72. The fourth-order valence-corrected chi connectivity index (χ4v) is 3.71. The van der Waals surface area contributed by atoms with Gasteiger partial charge >= 0.3 is 0 Å². The first-order valence-corrected chi connectivity index (χ1v) is 8.23. The van der Waals surface area contributed by atoms with Crippen molar-refractivity contribution in [3.8, 4) is 0 Å². The minimum atomic E-state index is 0.101. The van der Waals surface area contributed by atoms with Crippen LogP contribution in [0.5, 0.6) is 0 Å². The second-order valence-corrected chi connectivity index (χ2v) is 6.72. The van der Waals surface area contributed by atoms with Crippen LogP contribution in [0.1, 0.15) is 16.9 Å². The normalized spacial score (nSPS) is 16.7. The molecule has 0 radical (unpaired) electrons. The number of thiophene rings is 1. The van der Waals surface area contributed by atoms with Crippen LogP contribution < -0.4 is 5.56 Å². The van der Waals surface area contributed by atoms with Crippen LogP contribution in [0.2, 0.25) is 0 Å². The van der Waals surface area contributed by atoms with Crippen LogP contribution in [0.4, 0.5) is 0 Å². The Morgan fingerprint density at radius 2 is 2.05 bits per heavy atom. The van der Waals surface area contributed by atoms with Gasteiger partial charge in [-0.2, -0.15) is 0 Å². The average molecular weight is 307 g/mol. The van der Waals surface area contributed by atoms with E-state index in [1.807, 2.05) is 13.8 Å². The molecule has 3 heterocycles. The fraction of sp³-hybridized carbons (Fsp3) is 0.600. The van der Waals surface area contributed by atoms with E-state index >= 15 is 0 Å². The Bertz CT molecular complexity index is 686. The second-order valence-electron chi connectivity index (χ2n) is 5.51. The van der Waals surface area contributed by atoms with Crippen LogP contribution in [0.25, 0.3) is 10.2 Å². The smallest absolute Gasteiger partial charge is 0.262 e. The van der Waals surface area contributed by atoms with Crippen LogP contribution in [-0.4, -0.2) is 47.3 Å². The molecule has 21 heavy (non-hydrogen) atoms. The monoisotopic (exact) mass is 307 g/mol. The summed E-state index contributed by atoms with van der Waals surface area (Å²) >= 11 is 1.60. The highest BCUT2D eigenvalue weighted by Crippen LogP contribution is 2.25. The highest BCUT2D eigenvalue weighted by atomic mass is 32.1. The predicted molar refractivity (Wildman–Crippen MR) is 85.2 cm³/mol. The number of ether oxygens (including phenoxy) is 1. The molecule has 0 aliphatic carbocycles. The molecule has 1 saturated heterocycles. The molecule has 6 heteroatoms. The van der Waals surface area contributed by atoms with Crippen molar-refractivity contribution in [3.05, 3.63) is 27.1 Å². The summed E-state index contributed by atoms with van der Waals surface area (Å²) in [5.41, 5.74) is 1.18. The van der Waals surface area contributed by atoms with E-state index < -0.39 is 0 Å². The largest absolute Gasteiger partial charge is 0.379 e. The number of hydrogen-bond donors (Lipinski definition) is 0.